The Kier molecular flexibility index (Phi) is 6.41. The molecule has 0 amide bonds. The minimum Gasteiger partial charge on any atom is -0.334 e. The maximum absolute atomic E-state index is 15.1. The van der Waals surface area contributed by atoms with Crippen molar-refractivity contribution in [1.29, 1.82) is 0 Å². The van der Waals surface area contributed by atoms with Crippen LogP contribution in [0.5, 0.6) is 0 Å². The highest BCUT2D eigenvalue weighted by Crippen LogP contribution is 2.48. The van der Waals surface area contributed by atoms with Gasteiger partial charge in [0, 0.05) is 48.9 Å². The van der Waals surface area contributed by atoms with E-state index in [-0.39, 0.29) is 23.6 Å². The van der Waals surface area contributed by atoms with Gasteiger partial charge in [0.1, 0.15) is 33.7 Å². The van der Waals surface area contributed by atoms with Crippen LogP contribution in [0.25, 0.3) is 11.4 Å². The van der Waals surface area contributed by atoms with E-state index in [1.807, 2.05) is 37.6 Å². The van der Waals surface area contributed by atoms with Crippen molar-refractivity contribution in [3.05, 3.63) is 53.6 Å². The number of aromatic nitrogens is 6. The van der Waals surface area contributed by atoms with Crippen LogP contribution in [0.2, 0.25) is 0 Å². The molecule has 0 unspecified atom stereocenters. The van der Waals surface area contributed by atoms with Gasteiger partial charge >= 0.3 is 0 Å². The first kappa shape index (κ1) is 25.8. The summed E-state index contributed by atoms with van der Waals surface area (Å²) in [5.41, 5.74) is 2.71. The number of nitrogens with zero attached hydrogens (tertiary/aromatic N) is 6. The number of benzene rings is 1. The quantitative estimate of drug-likeness (QED) is 0.318. The highest BCUT2D eigenvalue weighted by atomic mass is 32.2. The molecular formula is C25H28F2N8O2S. The Hall–Kier alpha value is -3.87. The van der Waals surface area contributed by atoms with Crippen molar-refractivity contribution in [2.45, 2.75) is 50.5 Å². The van der Waals surface area contributed by atoms with Crippen molar-refractivity contribution in [3.63, 3.8) is 0 Å². The van der Waals surface area contributed by atoms with Gasteiger partial charge < -0.3 is 14.8 Å². The lowest BCUT2D eigenvalue weighted by atomic mass is 10.1. The summed E-state index contributed by atoms with van der Waals surface area (Å²) < 4.78 is 55.5. The third-order valence-electron chi connectivity index (χ3n) is 6.37. The fraction of sp³-hybridized carbons (Fsp3) is 0.360. The van der Waals surface area contributed by atoms with E-state index in [2.05, 4.69) is 20.5 Å². The normalized spacial score (nSPS) is 13.8. The van der Waals surface area contributed by atoms with Crippen LogP contribution >= 0.6 is 0 Å². The van der Waals surface area contributed by atoms with Gasteiger partial charge in [0.15, 0.2) is 15.7 Å². The van der Waals surface area contributed by atoms with Gasteiger partial charge in [-0.3, -0.25) is 5.10 Å². The zero-order valence-corrected chi connectivity index (χ0v) is 22.4. The first-order valence-electron chi connectivity index (χ1n) is 12.1. The zero-order valence-electron chi connectivity index (χ0n) is 21.6. The Balaban J connectivity index is 1.68. The fourth-order valence-electron chi connectivity index (χ4n) is 4.17. The highest BCUT2D eigenvalue weighted by Gasteiger charge is 2.33. The van der Waals surface area contributed by atoms with Crippen molar-refractivity contribution in [2.24, 2.45) is 0 Å². The summed E-state index contributed by atoms with van der Waals surface area (Å²) in [6.07, 6.45) is 6.36. The van der Waals surface area contributed by atoms with Crippen LogP contribution in [0.15, 0.2) is 35.6 Å². The summed E-state index contributed by atoms with van der Waals surface area (Å²) in [5.74, 6) is -0.675. The summed E-state index contributed by atoms with van der Waals surface area (Å²) in [7, 11) is -2.46. The molecule has 3 heterocycles. The molecule has 5 rings (SSSR count). The number of hydrogen-bond donors (Lipinski definition) is 2. The molecular weight excluding hydrogens is 514 g/mol. The maximum atomic E-state index is 15.1. The molecule has 0 spiro atoms. The SMILES string of the molecule is Cc1cc(Nc2nc(N(C)c3cc(F)c(S(C)(=O)=O)cc3F)nc(-c3cn(C(C)C)cn3)c2C2CC2)n[nH]1. The van der Waals surface area contributed by atoms with E-state index in [1.54, 1.807) is 6.33 Å². The number of sulfone groups is 1. The van der Waals surface area contributed by atoms with Crippen LogP contribution in [0, 0.1) is 18.6 Å². The Labute approximate surface area is 219 Å². The number of aromatic amines is 1. The van der Waals surface area contributed by atoms with E-state index >= 15 is 4.39 Å². The molecule has 1 aliphatic rings. The largest absolute Gasteiger partial charge is 0.334 e. The molecule has 4 aromatic rings. The molecule has 10 nitrogen and oxygen atoms in total. The Morgan fingerprint density at radius 1 is 1.16 bits per heavy atom. The number of nitrogens with one attached hydrogen (secondary N) is 2. The van der Waals surface area contributed by atoms with Gasteiger partial charge in [0.05, 0.1) is 12.0 Å². The number of H-pyrrole nitrogens is 1. The molecule has 0 saturated heterocycles. The second-order valence-corrected chi connectivity index (χ2v) is 11.8. The zero-order chi connectivity index (χ0) is 27.4. The van der Waals surface area contributed by atoms with Gasteiger partial charge in [-0.25, -0.2) is 27.2 Å². The lowest BCUT2D eigenvalue weighted by Crippen LogP contribution is -2.18. The van der Waals surface area contributed by atoms with Crippen LogP contribution in [0.3, 0.4) is 0 Å². The molecule has 0 aliphatic heterocycles. The van der Waals surface area contributed by atoms with Crippen molar-refractivity contribution in [2.75, 3.05) is 23.5 Å². The number of hydrogen-bond acceptors (Lipinski definition) is 8. The average molecular weight is 543 g/mol. The maximum Gasteiger partial charge on any atom is 0.232 e. The molecule has 13 heteroatoms. The van der Waals surface area contributed by atoms with Crippen LogP contribution in [0.1, 0.15) is 49.9 Å². The van der Waals surface area contributed by atoms with Crippen molar-refractivity contribution in [1.82, 2.24) is 29.7 Å². The van der Waals surface area contributed by atoms with E-state index in [0.717, 1.165) is 36.4 Å². The molecule has 0 atom stereocenters. The summed E-state index contributed by atoms with van der Waals surface area (Å²) in [5, 5.41) is 10.4. The smallest absolute Gasteiger partial charge is 0.232 e. The lowest BCUT2D eigenvalue weighted by Gasteiger charge is -2.22. The molecule has 2 N–H and O–H groups in total. The third kappa shape index (κ3) is 4.97. The fourth-order valence-corrected chi connectivity index (χ4v) is 4.90. The molecule has 1 aliphatic carbocycles. The van der Waals surface area contributed by atoms with Gasteiger partial charge in [-0.2, -0.15) is 10.1 Å². The van der Waals surface area contributed by atoms with Crippen molar-refractivity contribution in [3.8, 4) is 11.4 Å². The highest BCUT2D eigenvalue weighted by molar-refractivity contribution is 7.90. The standard InChI is InChI=1S/C25H28F2N8O2S/c1-13(2)35-11-18(28-12-35)23-22(15-6-7-15)24(29-21-8-14(3)32-33-21)31-25(30-23)34(4)19-9-17(27)20(10-16(19)26)38(5,36)37/h8-13,15H,6-7H2,1-5H3,(H2,29,30,31,32,33). The molecule has 0 radical (unpaired) electrons. The predicted octanol–water partition coefficient (Wildman–Crippen LogP) is 5.02. The van der Waals surface area contributed by atoms with Gasteiger partial charge in [0.25, 0.3) is 0 Å². The second-order valence-electron chi connectivity index (χ2n) is 9.84. The number of aryl methyl sites for hydroxylation is 1. The second kappa shape index (κ2) is 9.46. The number of halogens is 2. The molecule has 200 valence electrons. The molecule has 3 aromatic heterocycles. The van der Waals surface area contributed by atoms with E-state index in [0.29, 0.717) is 29.1 Å². The monoisotopic (exact) mass is 542 g/mol. The number of rotatable bonds is 8. The lowest BCUT2D eigenvalue weighted by molar-refractivity contribution is 0.556. The van der Waals surface area contributed by atoms with E-state index in [1.165, 1.54) is 11.9 Å². The van der Waals surface area contributed by atoms with E-state index in [4.69, 9.17) is 9.97 Å². The number of anilines is 4. The first-order chi connectivity index (χ1) is 17.9. The first-order valence-corrected chi connectivity index (χ1v) is 14.0. The minimum absolute atomic E-state index is 0.0728. The molecule has 1 fully saturated rings. The van der Waals surface area contributed by atoms with Crippen molar-refractivity contribution >= 4 is 33.1 Å². The van der Waals surface area contributed by atoms with Gasteiger partial charge in [-0.05, 0) is 45.6 Å². The predicted molar refractivity (Wildman–Crippen MR) is 140 cm³/mol. The topological polar surface area (TPSA) is 122 Å². The van der Waals surface area contributed by atoms with Gasteiger partial charge in [-0.1, -0.05) is 0 Å². The molecule has 0 bridgehead atoms. The third-order valence-corrected chi connectivity index (χ3v) is 7.49. The summed E-state index contributed by atoms with van der Waals surface area (Å²) >= 11 is 0. The molecule has 1 saturated carbocycles. The summed E-state index contributed by atoms with van der Waals surface area (Å²) in [4.78, 5) is 14.6. The van der Waals surface area contributed by atoms with E-state index < -0.39 is 26.4 Å². The van der Waals surface area contributed by atoms with Gasteiger partial charge in [-0.15, -0.1) is 0 Å². The number of imidazole rings is 1. The van der Waals surface area contributed by atoms with Crippen molar-refractivity contribution < 1.29 is 17.2 Å². The van der Waals surface area contributed by atoms with Crippen LogP contribution in [-0.4, -0.2) is 51.4 Å². The Morgan fingerprint density at radius 2 is 1.89 bits per heavy atom. The van der Waals surface area contributed by atoms with Gasteiger partial charge in [0.2, 0.25) is 5.95 Å². The Bertz CT molecular complexity index is 1630. The molecule has 1 aromatic carbocycles. The summed E-state index contributed by atoms with van der Waals surface area (Å²) in [6, 6.07) is 3.52. The summed E-state index contributed by atoms with van der Waals surface area (Å²) in [6.45, 7) is 5.95. The van der Waals surface area contributed by atoms with Crippen LogP contribution in [0.4, 0.5) is 32.1 Å². The molecule has 38 heavy (non-hydrogen) atoms. The Morgan fingerprint density at radius 3 is 2.47 bits per heavy atom. The van der Waals surface area contributed by atoms with Crippen LogP contribution < -0.4 is 10.2 Å². The van der Waals surface area contributed by atoms with E-state index in [9.17, 15) is 12.8 Å². The minimum atomic E-state index is -3.95. The van der Waals surface area contributed by atoms with Crippen LogP contribution in [-0.2, 0) is 9.84 Å². The average Bonchev–Trinajstić information content (AvgIpc) is 3.40.